The van der Waals surface area contributed by atoms with Gasteiger partial charge in [-0.1, -0.05) is 12.1 Å². The number of nitriles is 1. The van der Waals surface area contributed by atoms with Crippen molar-refractivity contribution >= 4 is 5.97 Å². The fraction of sp³-hybridized carbons (Fsp3) is 0.385. The van der Waals surface area contributed by atoms with E-state index in [0.29, 0.717) is 0 Å². The van der Waals surface area contributed by atoms with Crippen LogP contribution in [0.1, 0.15) is 30.1 Å². The third-order valence-corrected chi connectivity index (χ3v) is 2.69. The van der Waals surface area contributed by atoms with Crippen molar-refractivity contribution in [1.82, 2.24) is 0 Å². The SMILES string of the molecule is N#CCC(O)C(O)c1ccc(CCC(=O)O)c(F)c1. The van der Waals surface area contributed by atoms with Crippen LogP contribution in [0.25, 0.3) is 0 Å². The van der Waals surface area contributed by atoms with E-state index in [-0.39, 0.29) is 30.4 Å². The molecule has 1 aromatic rings. The highest BCUT2D eigenvalue weighted by molar-refractivity contribution is 5.67. The van der Waals surface area contributed by atoms with Crippen molar-refractivity contribution in [2.45, 2.75) is 31.5 Å². The molecule has 19 heavy (non-hydrogen) atoms. The molecule has 0 saturated carbocycles. The summed E-state index contributed by atoms with van der Waals surface area (Å²) in [5.41, 5.74) is 0.382. The topological polar surface area (TPSA) is 102 Å². The molecule has 102 valence electrons. The van der Waals surface area contributed by atoms with Crippen molar-refractivity contribution in [3.8, 4) is 6.07 Å². The Bertz CT molecular complexity index is 498. The van der Waals surface area contributed by atoms with E-state index in [4.69, 9.17) is 10.4 Å². The number of aryl methyl sites for hydroxylation is 1. The van der Waals surface area contributed by atoms with Gasteiger partial charge in [-0.05, 0) is 23.6 Å². The molecule has 0 aliphatic rings. The Balaban J connectivity index is 2.81. The molecule has 5 nitrogen and oxygen atoms in total. The fourth-order valence-corrected chi connectivity index (χ4v) is 1.62. The van der Waals surface area contributed by atoms with Crippen molar-refractivity contribution in [3.63, 3.8) is 0 Å². The number of rotatable bonds is 6. The first-order chi connectivity index (χ1) is 8.95. The molecule has 0 radical (unpaired) electrons. The van der Waals surface area contributed by atoms with E-state index in [1.54, 1.807) is 6.07 Å². The van der Waals surface area contributed by atoms with Gasteiger partial charge in [0.15, 0.2) is 0 Å². The normalized spacial score (nSPS) is 13.6. The number of nitrogens with zero attached hydrogens (tertiary/aromatic N) is 1. The molecule has 0 aliphatic heterocycles. The maximum atomic E-state index is 13.7. The number of benzene rings is 1. The Labute approximate surface area is 109 Å². The van der Waals surface area contributed by atoms with Crippen LogP contribution >= 0.6 is 0 Å². The lowest BCUT2D eigenvalue weighted by Gasteiger charge is -2.16. The second-order valence-electron chi connectivity index (χ2n) is 4.12. The number of carboxylic acids is 1. The van der Waals surface area contributed by atoms with Gasteiger partial charge in [0, 0.05) is 6.42 Å². The van der Waals surface area contributed by atoms with Crippen molar-refractivity contribution < 1.29 is 24.5 Å². The van der Waals surface area contributed by atoms with Gasteiger partial charge >= 0.3 is 5.97 Å². The van der Waals surface area contributed by atoms with Crippen LogP contribution in [-0.4, -0.2) is 27.4 Å². The van der Waals surface area contributed by atoms with Gasteiger partial charge in [-0.15, -0.1) is 0 Å². The Morgan fingerprint density at radius 2 is 2.11 bits per heavy atom. The Morgan fingerprint density at radius 1 is 1.42 bits per heavy atom. The summed E-state index contributed by atoms with van der Waals surface area (Å²) in [5, 5.41) is 36.0. The van der Waals surface area contributed by atoms with Crippen molar-refractivity contribution in [3.05, 3.63) is 35.1 Å². The molecule has 0 saturated heterocycles. The molecule has 0 fully saturated rings. The van der Waals surface area contributed by atoms with E-state index >= 15 is 0 Å². The summed E-state index contributed by atoms with van der Waals surface area (Å²) in [6.45, 7) is 0. The van der Waals surface area contributed by atoms with Crippen LogP contribution in [0.3, 0.4) is 0 Å². The molecule has 0 spiro atoms. The lowest BCUT2D eigenvalue weighted by Crippen LogP contribution is -2.17. The predicted molar refractivity (Wildman–Crippen MR) is 63.6 cm³/mol. The van der Waals surface area contributed by atoms with E-state index in [1.165, 1.54) is 12.1 Å². The second-order valence-corrected chi connectivity index (χ2v) is 4.12. The molecule has 2 unspecified atom stereocenters. The number of aliphatic carboxylic acids is 1. The summed E-state index contributed by atoms with van der Waals surface area (Å²) in [4.78, 5) is 10.4. The van der Waals surface area contributed by atoms with Gasteiger partial charge in [0.1, 0.15) is 11.9 Å². The quantitative estimate of drug-likeness (QED) is 0.717. The highest BCUT2D eigenvalue weighted by Gasteiger charge is 2.19. The molecule has 0 heterocycles. The zero-order valence-corrected chi connectivity index (χ0v) is 10.1. The highest BCUT2D eigenvalue weighted by Crippen LogP contribution is 2.22. The zero-order valence-electron chi connectivity index (χ0n) is 10.1. The molecule has 1 rings (SSSR count). The summed E-state index contributed by atoms with van der Waals surface area (Å²) in [7, 11) is 0. The Morgan fingerprint density at radius 3 is 2.63 bits per heavy atom. The van der Waals surface area contributed by atoms with Gasteiger partial charge in [0.05, 0.1) is 18.6 Å². The summed E-state index contributed by atoms with van der Waals surface area (Å²) in [6, 6.07) is 5.53. The summed E-state index contributed by atoms with van der Waals surface area (Å²) < 4.78 is 13.7. The minimum Gasteiger partial charge on any atom is -0.481 e. The lowest BCUT2D eigenvalue weighted by atomic mass is 9.99. The van der Waals surface area contributed by atoms with Crippen molar-refractivity contribution in [2.75, 3.05) is 0 Å². The van der Waals surface area contributed by atoms with Gasteiger partial charge in [-0.3, -0.25) is 4.79 Å². The Hall–Kier alpha value is -1.97. The average Bonchev–Trinajstić information content (AvgIpc) is 2.36. The number of hydrogen-bond acceptors (Lipinski definition) is 4. The van der Waals surface area contributed by atoms with E-state index in [9.17, 15) is 19.4 Å². The van der Waals surface area contributed by atoms with Gasteiger partial charge in [-0.2, -0.15) is 5.26 Å². The van der Waals surface area contributed by atoms with Crippen molar-refractivity contribution in [2.24, 2.45) is 0 Å². The number of hydrogen-bond donors (Lipinski definition) is 3. The fourth-order valence-electron chi connectivity index (χ4n) is 1.62. The highest BCUT2D eigenvalue weighted by atomic mass is 19.1. The van der Waals surface area contributed by atoms with Crippen LogP contribution in [0.5, 0.6) is 0 Å². The number of halogens is 1. The number of aliphatic hydroxyl groups excluding tert-OH is 2. The third-order valence-electron chi connectivity index (χ3n) is 2.69. The molecule has 0 aromatic heterocycles. The van der Waals surface area contributed by atoms with Gasteiger partial charge < -0.3 is 15.3 Å². The number of carbonyl (C=O) groups is 1. The molecular formula is C13H14FNO4. The average molecular weight is 267 g/mol. The van der Waals surface area contributed by atoms with Crippen LogP contribution in [0, 0.1) is 17.1 Å². The first-order valence-electron chi connectivity index (χ1n) is 5.69. The maximum Gasteiger partial charge on any atom is 0.303 e. The van der Waals surface area contributed by atoms with E-state index in [0.717, 1.165) is 6.07 Å². The van der Waals surface area contributed by atoms with Gasteiger partial charge in [0.2, 0.25) is 0 Å². The van der Waals surface area contributed by atoms with Gasteiger partial charge in [-0.25, -0.2) is 4.39 Å². The number of carboxylic acid groups (broad SMARTS) is 1. The molecule has 0 aliphatic carbocycles. The molecule has 2 atom stereocenters. The number of aliphatic hydroxyl groups is 2. The first kappa shape index (κ1) is 15.1. The van der Waals surface area contributed by atoms with Crippen molar-refractivity contribution in [1.29, 1.82) is 5.26 Å². The van der Waals surface area contributed by atoms with Crippen LogP contribution in [0.2, 0.25) is 0 Å². The zero-order chi connectivity index (χ0) is 14.4. The molecular weight excluding hydrogens is 253 g/mol. The van der Waals surface area contributed by atoms with Crippen LogP contribution in [-0.2, 0) is 11.2 Å². The summed E-state index contributed by atoms with van der Waals surface area (Å²) >= 11 is 0. The minimum atomic E-state index is -1.34. The van der Waals surface area contributed by atoms with E-state index in [2.05, 4.69) is 0 Å². The molecule has 1 aromatic carbocycles. The third kappa shape index (κ3) is 4.32. The molecule has 0 amide bonds. The summed E-state index contributed by atoms with van der Waals surface area (Å²) in [5.74, 6) is -1.66. The van der Waals surface area contributed by atoms with Gasteiger partial charge in [0.25, 0.3) is 0 Å². The van der Waals surface area contributed by atoms with Crippen LogP contribution in [0.15, 0.2) is 18.2 Å². The van der Waals surface area contributed by atoms with E-state index < -0.39 is 24.0 Å². The minimum absolute atomic E-state index is 0.0539. The summed E-state index contributed by atoms with van der Waals surface area (Å²) in [6.07, 6.45) is -3.02. The lowest BCUT2D eigenvalue weighted by molar-refractivity contribution is -0.136. The standard InChI is InChI=1S/C13H14FNO4/c14-10-7-9(13(19)11(16)5-6-15)2-1-8(10)3-4-12(17)18/h1-2,7,11,13,16,19H,3-5H2,(H,17,18). The van der Waals surface area contributed by atoms with Crippen LogP contribution < -0.4 is 0 Å². The maximum absolute atomic E-state index is 13.7. The molecule has 3 N–H and O–H groups in total. The van der Waals surface area contributed by atoms with E-state index in [1.807, 2.05) is 0 Å². The molecule has 6 heteroatoms. The predicted octanol–water partition coefficient (Wildman–Crippen LogP) is 1.15. The largest absolute Gasteiger partial charge is 0.481 e. The first-order valence-corrected chi connectivity index (χ1v) is 5.69. The Kier molecular flexibility index (Phi) is 5.42. The monoisotopic (exact) mass is 267 g/mol. The smallest absolute Gasteiger partial charge is 0.303 e. The molecule has 0 bridgehead atoms. The second kappa shape index (κ2) is 6.83. The van der Waals surface area contributed by atoms with Crippen LogP contribution in [0.4, 0.5) is 4.39 Å².